The van der Waals surface area contributed by atoms with E-state index in [-0.39, 0.29) is 11.8 Å². The molecule has 2 aromatic carbocycles. The van der Waals surface area contributed by atoms with Crippen LogP contribution in [-0.2, 0) is 11.2 Å². The van der Waals surface area contributed by atoms with Crippen LogP contribution in [-0.4, -0.2) is 29.9 Å². The highest BCUT2D eigenvalue weighted by molar-refractivity contribution is 6.29. The number of esters is 1. The van der Waals surface area contributed by atoms with Crippen LogP contribution in [0.25, 0.3) is 10.4 Å². The summed E-state index contributed by atoms with van der Waals surface area (Å²) in [4.78, 5) is 35.8. The molecule has 194 valence electrons. The first-order valence-electron chi connectivity index (χ1n) is 13.2. The number of rotatable bonds is 11. The zero-order valence-electron chi connectivity index (χ0n) is 22.0. The van der Waals surface area contributed by atoms with Gasteiger partial charge in [0.25, 0.3) is 0 Å². The number of hydrogen-bond donors (Lipinski definition) is 0. The Balaban J connectivity index is 1.57. The SMILES string of the molecule is [C-]#[N+]c1ccc(/C(=C\N2CCc3cc(C(=O)OCC(CC)CCCC)ccc32)C(=O)c2ccncc2)cc1. The first-order chi connectivity index (χ1) is 18.5. The molecule has 0 bridgehead atoms. The van der Waals surface area contributed by atoms with E-state index in [2.05, 4.69) is 28.6 Å². The summed E-state index contributed by atoms with van der Waals surface area (Å²) in [5.74, 6) is -0.00971. The van der Waals surface area contributed by atoms with Crippen molar-refractivity contribution in [2.24, 2.45) is 5.92 Å². The molecule has 0 saturated heterocycles. The van der Waals surface area contributed by atoms with E-state index in [0.717, 1.165) is 48.9 Å². The molecule has 0 aliphatic carbocycles. The molecule has 6 nitrogen and oxygen atoms in total. The minimum atomic E-state index is -0.287. The van der Waals surface area contributed by atoms with Crippen molar-refractivity contribution in [3.63, 3.8) is 0 Å². The van der Waals surface area contributed by atoms with Gasteiger partial charge < -0.3 is 9.64 Å². The van der Waals surface area contributed by atoms with Gasteiger partial charge in [-0.05, 0) is 60.2 Å². The molecule has 0 spiro atoms. The fraction of sp³-hybridized carbons (Fsp3) is 0.312. The summed E-state index contributed by atoms with van der Waals surface area (Å²) in [5, 5.41) is 0. The average molecular weight is 508 g/mol. The number of fused-ring (bicyclic) bond motifs is 1. The molecule has 1 aliphatic heterocycles. The number of Topliss-reactive ketones (excluding diaryl/α,β-unsaturated/α-hetero) is 1. The molecule has 1 aromatic heterocycles. The van der Waals surface area contributed by atoms with Gasteiger partial charge >= 0.3 is 5.97 Å². The Kier molecular flexibility index (Phi) is 9.05. The number of allylic oxidation sites excluding steroid dienone is 1. The fourth-order valence-corrected chi connectivity index (χ4v) is 4.66. The second kappa shape index (κ2) is 12.8. The molecule has 3 aromatic rings. The van der Waals surface area contributed by atoms with E-state index in [1.165, 1.54) is 0 Å². The second-order valence-electron chi connectivity index (χ2n) is 9.57. The maximum absolute atomic E-state index is 13.5. The minimum Gasteiger partial charge on any atom is -0.462 e. The number of nitrogens with zero attached hydrogens (tertiary/aromatic N) is 3. The highest BCUT2D eigenvalue weighted by atomic mass is 16.5. The first kappa shape index (κ1) is 26.8. The number of ether oxygens (including phenoxy) is 1. The molecule has 38 heavy (non-hydrogen) atoms. The van der Waals surface area contributed by atoms with E-state index < -0.39 is 0 Å². The third-order valence-electron chi connectivity index (χ3n) is 7.02. The van der Waals surface area contributed by atoms with Crippen LogP contribution < -0.4 is 4.90 Å². The third kappa shape index (κ3) is 6.36. The van der Waals surface area contributed by atoms with Gasteiger partial charge in [-0.15, -0.1) is 0 Å². The van der Waals surface area contributed by atoms with E-state index >= 15 is 0 Å². The van der Waals surface area contributed by atoms with Crippen molar-refractivity contribution < 1.29 is 14.3 Å². The van der Waals surface area contributed by atoms with E-state index in [0.29, 0.717) is 41.5 Å². The van der Waals surface area contributed by atoms with Crippen molar-refractivity contribution in [2.75, 3.05) is 18.1 Å². The van der Waals surface area contributed by atoms with Gasteiger partial charge in [-0.3, -0.25) is 9.78 Å². The standard InChI is InChI=1S/C32H33N3O3/c1-4-6-7-23(5-2)22-38-32(37)27-10-13-30-26(20-27)16-19-35(30)21-29(24-8-11-28(33-3)12-9-24)31(36)25-14-17-34-18-15-25/h8-15,17-18,20-21,23H,4-7,16,19,22H2,1-2H3/b29-21+. The molecule has 6 heteroatoms. The van der Waals surface area contributed by atoms with Gasteiger partial charge in [-0.1, -0.05) is 57.4 Å². The minimum absolute atomic E-state index is 0.120. The fourth-order valence-electron chi connectivity index (χ4n) is 4.66. The Morgan fingerprint density at radius 3 is 2.47 bits per heavy atom. The van der Waals surface area contributed by atoms with Crippen LogP contribution in [0.4, 0.5) is 11.4 Å². The summed E-state index contributed by atoms with van der Waals surface area (Å²) in [6, 6.07) is 16.1. The maximum atomic E-state index is 13.5. The number of anilines is 1. The van der Waals surface area contributed by atoms with Crippen molar-refractivity contribution in [1.29, 1.82) is 0 Å². The van der Waals surface area contributed by atoms with Crippen molar-refractivity contribution in [3.05, 3.63) is 107 Å². The number of pyridine rings is 1. The lowest BCUT2D eigenvalue weighted by Gasteiger charge is -2.18. The summed E-state index contributed by atoms with van der Waals surface area (Å²) < 4.78 is 5.65. The predicted molar refractivity (Wildman–Crippen MR) is 150 cm³/mol. The summed E-state index contributed by atoms with van der Waals surface area (Å²) in [7, 11) is 0. The van der Waals surface area contributed by atoms with E-state index in [1.807, 2.05) is 18.3 Å². The van der Waals surface area contributed by atoms with Crippen LogP contribution >= 0.6 is 0 Å². The molecule has 1 aliphatic rings. The summed E-state index contributed by atoms with van der Waals surface area (Å²) in [6.07, 6.45) is 10.2. The van der Waals surface area contributed by atoms with E-state index in [1.54, 1.807) is 54.9 Å². The summed E-state index contributed by atoms with van der Waals surface area (Å²) >= 11 is 0. The Hall–Kier alpha value is -4.24. The zero-order valence-corrected chi connectivity index (χ0v) is 22.0. The third-order valence-corrected chi connectivity index (χ3v) is 7.02. The van der Waals surface area contributed by atoms with Crippen LogP contribution in [0, 0.1) is 12.5 Å². The van der Waals surface area contributed by atoms with Crippen LogP contribution in [0.3, 0.4) is 0 Å². The topological polar surface area (TPSA) is 63.9 Å². The van der Waals surface area contributed by atoms with Gasteiger partial charge in [-0.25, -0.2) is 9.64 Å². The Bertz CT molecular complexity index is 1340. The molecular formula is C32H33N3O3. The predicted octanol–water partition coefficient (Wildman–Crippen LogP) is 7.29. The molecule has 0 saturated carbocycles. The maximum Gasteiger partial charge on any atom is 0.338 e. The van der Waals surface area contributed by atoms with Crippen LogP contribution in [0.1, 0.15) is 71.4 Å². The van der Waals surface area contributed by atoms with Crippen molar-refractivity contribution in [3.8, 4) is 0 Å². The van der Waals surface area contributed by atoms with Crippen LogP contribution in [0.15, 0.2) is 73.2 Å². The molecule has 2 heterocycles. The van der Waals surface area contributed by atoms with Gasteiger partial charge in [0, 0.05) is 42.0 Å². The molecule has 0 N–H and O–H groups in total. The number of carbonyl (C=O) groups excluding carboxylic acids is 2. The number of benzene rings is 2. The zero-order chi connectivity index (χ0) is 26.9. The van der Waals surface area contributed by atoms with Gasteiger partial charge in [0.2, 0.25) is 0 Å². The lowest BCUT2D eigenvalue weighted by molar-refractivity contribution is 0.0428. The smallest absolute Gasteiger partial charge is 0.338 e. The van der Waals surface area contributed by atoms with Gasteiger partial charge in [0.1, 0.15) is 0 Å². The highest BCUT2D eigenvalue weighted by Gasteiger charge is 2.23. The van der Waals surface area contributed by atoms with Gasteiger partial charge in [0.05, 0.1) is 18.7 Å². The molecular weight excluding hydrogens is 474 g/mol. The lowest BCUT2D eigenvalue weighted by atomic mass is 9.97. The van der Waals surface area contributed by atoms with Crippen LogP contribution in [0.5, 0.6) is 0 Å². The molecule has 1 atom stereocenters. The highest BCUT2D eigenvalue weighted by Crippen LogP contribution is 2.32. The van der Waals surface area contributed by atoms with Crippen LogP contribution in [0.2, 0.25) is 0 Å². The van der Waals surface area contributed by atoms with Crippen molar-refractivity contribution >= 4 is 28.7 Å². The largest absolute Gasteiger partial charge is 0.462 e. The number of ketones is 1. The Labute approximate surface area is 224 Å². The summed E-state index contributed by atoms with van der Waals surface area (Å²) in [6.45, 7) is 12.7. The lowest BCUT2D eigenvalue weighted by Crippen LogP contribution is -2.16. The second-order valence-corrected chi connectivity index (χ2v) is 9.57. The number of aromatic nitrogens is 1. The van der Waals surface area contributed by atoms with E-state index in [9.17, 15) is 9.59 Å². The molecule has 0 radical (unpaired) electrons. The molecule has 0 amide bonds. The van der Waals surface area contributed by atoms with Crippen molar-refractivity contribution in [1.82, 2.24) is 4.98 Å². The average Bonchev–Trinajstić information content (AvgIpc) is 3.38. The van der Waals surface area contributed by atoms with Gasteiger partial charge in [-0.2, -0.15) is 0 Å². The number of hydrogen-bond acceptors (Lipinski definition) is 5. The van der Waals surface area contributed by atoms with Gasteiger partial charge in [0.15, 0.2) is 11.5 Å². The summed E-state index contributed by atoms with van der Waals surface area (Å²) in [5.41, 5.74) is 4.90. The normalized spacial score (nSPS) is 13.5. The monoisotopic (exact) mass is 507 g/mol. The number of carbonyl (C=O) groups is 2. The Morgan fingerprint density at radius 1 is 1.05 bits per heavy atom. The molecule has 1 unspecified atom stereocenters. The van der Waals surface area contributed by atoms with Crippen molar-refractivity contribution in [2.45, 2.75) is 46.0 Å². The number of unbranched alkanes of at least 4 members (excludes halogenated alkanes) is 1. The van der Waals surface area contributed by atoms with E-state index in [4.69, 9.17) is 11.3 Å². The molecule has 4 rings (SSSR count). The quantitative estimate of drug-likeness (QED) is 0.118. The first-order valence-corrected chi connectivity index (χ1v) is 13.2. The Morgan fingerprint density at radius 2 is 1.79 bits per heavy atom. The molecule has 0 fully saturated rings.